The van der Waals surface area contributed by atoms with Crippen molar-refractivity contribution in [2.75, 3.05) is 13.7 Å². The lowest BCUT2D eigenvalue weighted by Gasteiger charge is -2.26. The van der Waals surface area contributed by atoms with Gasteiger partial charge in [0.15, 0.2) is 5.65 Å². The van der Waals surface area contributed by atoms with E-state index in [9.17, 15) is 4.79 Å². The highest BCUT2D eigenvalue weighted by atomic mass is 16.5. The Labute approximate surface area is 137 Å². The van der Waals surface area contributed by atoms with Gasteiger partial charge in [-0.15, -0.1) is 0 Å². The van der Waals surface area contributed by atoms with Gasteiger partial charge in [0, 0.05) is 19.3 Å². The molecular weight excluding hydrogens is 292 g/mol. The summed E-state index contributed by atoms with van der Waals surface area (Å²) in [5, 5.41) is 3.07. The highest BCUT2D eigenvalue weighted by Crippen LogP contribution is 2.29. The second-order valence-electron chi connectivity index (χ2n) is 6.14. The average molecular weight is 318 g/mol. The van der Waals surface area contributed by atoms with Crippen LogP contribution in [0.1, 0.15) is 52.0 Å². The first kappa shape index (κ1) is 17.4. The lowest BCUT2D eigenvalue weighted by molar-refractivity contribution is -0.126. The second kappa shape index (κ2) is 7.55. The topological polar surface area (TPSA) is 69.0 Å². The number of ether oxygens (including phenoxy) is 1. The van der Waals surface area contributed by atoms with Gasteiger partial charge >= 0.3 is 0 Å². The molecule has 0 saturated carbocycles. The molecule has 0 saturated heterocycles. The van der Waals surface area contributed by atoms with Gasteiger partial charge in [0.1, 0.15) is 17.9 Å². The fraction of sp³-hybridized carbons (Fsp3) is 0.588. The molecule has 2 unspecified atom stereocenters. The number of nitrogens with zero attached hydrogens (tertiary/aromatic N) is 3. The van der Waals surface area contributed by atoms with Crippen LogP contribution in [0.15, 0.2) is 18.3 Å². The van der Waals surface area contributed by atoms with Gasteiger partial charge in [0.25, 0.3) is 0 Å². The minimum absolute atomic E-state index is 0.0487. The van der Waals surface area contributed by atoms with Crippen molar-refractivity contribution in [3.63, 3.8) is 0 Å². The first-order valence-corrected chi connectivity index (χ1v) is 8.10. The number of aromatic nitrogens is 3. The van der Waals surface area contributed by atoms with Gasteiger partial charge in [-0.05, 0) is 31.9 Å². The van der Waals surface area contributed by atoms with E-state index in [0.29, 0.717) is 0 Å². The molecule has 0 radical (unpaired) electrons. The zero-order chi connectivity index (χ0) is 17.0. The number of amides is 1. The normalized spacial score (nSPS) is 14.2. The third kappa shape index (κ3) is 3.69. The lowest BCUT2D eigenvalue weighted by atomic mass is 9.98. The summed E-state index contributed by atoms with van der Waals surface area (Å²) in [6, 6.07) is 3.87. The molecule has 1 amide bonds. The molecular formula is C17H26N4O2. The van der Waals surface area contributed by atoms with Gasteiger partial charge in [-0.1, -0.05) is 20.3 Å². The Balaban J connectivity index is 2.51. The molecule has 6 heteroatoms. The average Bonchev–Trinajstić information content (AvgIpc) is 2.91. The predicted octanol–water partition coefficient (Wildman–Crippen LogP) is 2.86. The molecule has 0 bridgehead atoms. The van der Waals surface area contributed by atoms with Crippen LogP contribution < -0.4 is 5.32 Å². The first-order chi connectivity index (χ1) is 11.0. The van der Waals surface area contributed by atoms with Crippen molar-refractivity contribution < 1.29 is 9.53 Å². The molecule has 0 fully saturated rings. The van der Waals surface area contributed by atoms with Gasteiger partial charge in [-0.3, -0.25) is 4.79 Å². The van der Waals surface area contributed by atoms with E-state index in [1.165, 1.54) is 7.11 Å². The van der Waals surface area contributed by atoms with Crippen LogP contribution in [0.5, 0.6) is 0 Å². The number of imidazole rings is 1. The minimum atomic E-state index is -0.167. The number of carbonyl (C=O) groups is 1. The van der Waals surface area contributed by atoms with E-state index in [4.69, 9.17) is 9.72 Å². The summed E-state index contributed by atoms with van der Waals surface area (Å²) in [7, 11) is 1.52. The van der Waals surface area contributed by atoms with E-state index in [-0.39, 0.29) is 30.5 Å². The SMILES string of the molecule is CCC(C)C(NC(=O)COC)c1nc2cccnc2n1C(C)C. The van der Waals surface area contributed by atoms with Crippen molar-refractivity contribution in [2.45, 2.75) is 46.2 Å². The Kier molecular flexibility index (Phi) is 5.71. The molecule has 2 aromatic rings. The zero-order valence-electron chi connectivity index (χ0n) is 14.5. The van der Waals surface area contributed by atoms with E-state index in [1.807, 2.05) is 12.1 Å². The molecule has 0 spiro atoms. The highest BCUT2D eigenvalue weighted by molar-refractivity contribution is 5.78. The third-order valence-corrected chi connectivity index (χ3v) is 4.08. The smallest absolute Gasteiger partial charge is 0.246 e. The molecule has 0 aliphatic heterocycles. The standard InChI is InChI=1S/C17H26N4O2/c1-6-12(4)15(20-14(22)10-23-5)17-19-13-8-7-9-18-16(13)21(17)11(2)3/h7-9,11-12,15H,6,10H2,1-5H3,(H,20,22). The zero-order valence-corrected chi connectivity index (χ0v) is 14.5. The second-order valence-corrected chi connectivity index (χ2v) is 6.14. The molecule has 2 rings (SSSR count). The number of methoxy groups -OCH3 is 1. The Morgan fingerprint density at radius 2 is 2.13 bits per heavy atom. The maximum absolute atomic E-state index is 12.1. The van der Waals surface area contributed by atoms with E-state index in [2.05, 4.69) is 42.6 Å². The molecule has 1 N–H and O–H groups in total. The fourth-order valence-corrected chi connectivity index (χ4v) is 2.72. The quantitative estimate of drug-likeness (QED) is 0.852. The molecule has 2 atom stereocenters. The van der Waals surface area contributed by atoms with Crippen molar-refractivity contribution in [3.05, 3.63) is 24.2 Å². The van der Waals surface area contributed by atoms with Gasteiger partial charge in [-0.25, -0.2) is 9.97 Å². The monoisotopic (exact) mass is 318 g/mol. The number of nitrogens with one attached hydrogen (secondary N) is 1. The molecule has 126 valence electrons. The third-order valence-electron chi connectivity index (χ3n) is 4.08. The highest BCUT2D eigenvalue weighted by Gasteiger charge is 2.27. The van der Waals surface area contributed by atoms with Crippen LogP contribution in [-0.2, 0) is 9.53 Å². The van der Waals surface area contributed by atoms with Gasteiger partial charge in [-0.2, -0.15) is 0 Å². The summed E-state index contributed by atoms with van der Waals surface area (Å²) in [5.41, 5.74) is 1.71. The van der Waals surface area contributed by atoms with Crippen LogP contribution in [-0.4, -0.2) is 34.2 Å². The largest absolute Gasteiger partial charge is 0.375 e. The van der Waals surface area contributed by atoms with Crippen LogP contribution >= 0.6 is 0 Å². The van der Waals surface area contributed by atoms with E-state index >= 15 is 0 Å². The van der Waals surface area contributed by atoms with Crippen molar-refractivity contribution in [1.29, 1.82) is 0 Å². The maximum atomic E-state index is 12.1. The summed E-state index contributed by atoms with van der Waals surface area (Å²) in [4.78, 5) is 21.3. The molecule has 6 nitrogen and oxygen atoms in total. The van der Waals surface area contributed by atoms with E-state index in [0.717, 1.165) is 23.4 Å². The summed E-state index contributed by atoms with van der Waals surface area (Å²) in [6.45, 7) is 8.48. The molecule has 0 aliphatic rings. The van der Waals surface area contributed by atoms with Gasteiger partial charge in [0.2, 0.25) is 5.91 Å². The summed E-state index contributed by atoms with van der Waals surface area (Å²) in [6.07, 6.45) is 2.71. The molecule has 0 aromatic carbocycles. The van der Waals surface area contributed by atoms with Crippen molar-refractivity contribution >= 4 is 17.1 Å². The van der Waals surface area contributed by atoms with Gasteiger partial charge < -0.3 is 14.6 Å². The number of hydrogen-bond acceptors (Lipinski definition) is 4. The molecule has 0 aliphatic carbocycles. The van der Waals surface area contributed by atoms with Crippen LogP contribution in [0.4, 0.5) is 0 Å². The Hall–Kier alpha value is -1.95. The molecule has 23 heavy (non-hydrogen) atoms. The summed E-state index contributed by atoms with van der Waals surface area (Å²) < 4.78 is 7.05. The number of hydrogen-bond donors (Lipinski definition) is 1. The first-order valence-electron chi connectivity index (χ1n) is 8.10. The van der Waals surface area contributed by atoms with Crippen molar-refractivity contribution in [3.8, 4) is 0 Å². The van der Waals surface area contributed by atoms with Crippen molar-refractivity contribution in [1.82, 2.24) is 19.9 Å². The minimum Gasteiger partial charge on any atom is -0.375 e. The van der Waals surface area contributed by atoms with Crippen LogP contribution in [0, 0.1) is 5.92 Å². The summed E-state index contributed by atoms with van der Waals surface area (Å²) in [5.74, 6) is 0.978. The predicted molar refractivity (Wildman–Crippen MR) is 90.1 cm³/mol. The number of fused-ring (bicyclic) bond motifs is 1. The number of pyridine rings is 1. The summed E-state index contributed by atoms with van der Waals surface area (Å²) >= 11 is 0. The molecule has 2 aromatic heterocycles. The van der Waals surface area contributed by atoms with Gasteiger partial charge in [0.05, 0.1) is 6.04 Å². The maximum Gasteiger partial charge on any atom is 0.246 e. The van der Waals surface area contributed by atoms with E-state index < -0.39 is 0 Å². The number of carbonyl (C=O) groups excluding carboxylic acids is 1. The van der Waals surface area contributed by atoms with Crippen LogP contribution in [0.3, 0.4) is 0 Å². The number of rotatable bonds is 7. The van der Waals surface area contributed by atoms with Crippen molar-refractivity contribution in [2.24, 2.45) is 5.92 Å². The Morgan fingerprint density at radius 3 is 2.74 bits per heavy atom. The lowest BCUT2D eigenvalue weighted by Crippen LogP contribution is -2.36. The van der Waals surface area contributed by atoms with E-state index in [1.54, 1.807) is 6.20 Å². The Morgan fingerprint density at radius 1 is 1.39 bits per heavy atom. The molecule has 2 heterocycles. The van der Waals surface area contributed by atoms with Crippen LogP contribution in [0.25, 0.3) is 11.2 Å². The Bertz CT molecular complexity index is 666. The fourth-order valence-electron chi connectivity index (χ4n) is 2.72. The van der Waals surface area contributed by atoms with Crippen LogP contribution in [0.2, 0.25) is 0 Å².